The first-order valence-electron chi connectivity index (χ1n) is 6.21. The van der Waals surface area contributed by atoms with Crippen molar-refractivity contribution in [2.45, 2.75) is 56.7 Å². The Morgan fingerprint density at radius 2 is 1.80 bits per heavy atom. The Kier molecular flexibility index (Phi) is 2.53. The topological polar surface area (TPSA) is 29.5 Å². The molecule has 3 saturated heterocycles. The highest BCUT2D eigenvalue weighted by Gasteiger charge is 2.41. The van der Waals surface area contributed by atoms with E-state index in [1.807, 2.05) is 0 Å². The van der Waals surface area contributed by atoms with E-state index in [-0.39, 0.29) is 0 Å². The van der Waals surface area contributed by atoms with E-state index in [0.29, 0.717) is 23.9 Å². The number of fused-ring (bicyclic) bond motifs is 2. The van der Waals surface area contributed by atoms with Gasteiger partial charge in [0.1, 0.15) is 5.78 Å². The minimum atomic E-state index is 0.486. The Bertz CT molecular complexity index is 244. The molecule has 15 heavy (non-hydrogen) atoms. The second-order valence-electron chi connectivity index (χ2n) is 5.15. The quantitative estimate of drug-likeness (QED) is 0.653. The van der Waals surface area contributed by atoms with Crippen molar-refractivity contribution in [2.75, 3.05) is 13.2 Å². The van der Waals surface area contributed by atoms with Crippen LogP contribution in [-0.2, 0) is 9.53 Å². The Labute approximate surface area is 90.8 Å². The number of nitrogens with zero attached hydrogens (tertiary/aromatic N) is 1. The van der Waals surface area contributed by atoms with E-state index in [9.17, 15) is 4.79 Å². The third-order valence-corrected chi connectivity index (χ3v) is 4.17. The fourth-order valence-electron chi connectivity index (χ4n) is 3.56. The molecule has 3 heteroatoms. The van der Waals surface area contributed by atoms with Gasteiger partial charge in [0.25, 0.3) is 0 Å². The molecule has 3 aliphatic heterocycles. The molecule has 3 atom stereocenters. The van der Waals surface area contributed by atoms with Gasteiger partial charge in [0, 0.05) is 37.6 Å². The van der Waals surface area contributed by atoms with Crippen molar-refractivity contribution in [3.8, 4) is 0 Å². The molecule has 0 aromatic rings. The van der Waals surface area contributed by atoms with Gasteiger partial charge in [-0.1, -0.05) is 6.42 Å². The molecule has 3 aliphatic rings. The maximum Gasteiger partial charge on any atom is 0.136 e. The van der Waals surface area contributed by atoms with Gasteiger partial charge in [0.05, 0.1) is 6.61 Å². The zero-order chi connectivity index (χ0) is 10.3. The Morgan fingerprint density at radius 1 is 1.07 bits per heavy atom. The average Bonchev–Trinajstić information content (AvgIpc) is 2.68. The summed E-state index contributed by atoms with van der Waals surface area (Å²) < 4.78 is 5.48. The predicted octanol–water partition coefficient (Wildman–Crippen LogP) is 1.36. The Hall–Kier alpha value is -0.410. The molecule has 3 fully saturated rings. The van der Waals surface area contributed by atoms with E-state index in [0.717, 1.165) is 26.1 Å². The Morgan fingerprint density at radius 3 is 2.40 bits per heavy atom. The molecule has 0 N–H and O–H groups in total. The molecule has 0 saturated carbocycles. The van der Waals surface area contributed by atoms with Crippen molar-refractivity contribution < 1.29 is 9.53 Å². The van der Waals surface area contributed by atoms with Crippen LogP contribution in [0, 0.1) is 0 Å². The second-order valence-corrected chi connectivity index (χ2v) is 5.15. The van der Waals surface area contributed by atoms with Crippen LogP contribution in [0.3, 0.4) is 0 Å². The van der Waals surface area contributed by atoms with Crippen LogP contribution in [0.15, 0.2) is 0 Å². The average molecular weight is 209 g/mol. The number of hydrogen-bond donors (Lipinski definition) is 0. The summed E-state index contributed by atoms with van der Waals surface area (Å²) in [6.45, 7) is 1.80. The summed E-state index contributed by atoms with van der Waals surface area (Å²) in [6.07, 6.45) is 6.52. The molecule has 2 bridgehead atoms. The highest BCUT2D eigenvalue weighted by Crippen LogP contribution is 2.35. The monoisotopic (exact) mass is 209 g/mol. The fourth-order valence-corrected chi connectivity index (χ4v) is 3.56. The summed E-state index contributed by atoms with van der Waals surface area (Å²) in [6, 6.07) is 1.68. The van der Waals surface area contributed by atoms with E-state index in [1.165, 1.54) is 25.7 Å². The van der Waals surface area contributed by atoms with Crippen LogP contribution in [0.5, 0.6) is 0 Å². The van der Waals surface area contributed by atoms with Gasteiger partial charge in [-0.2, -0.15) is 0 Å². The number of carbonyl (C=O) groups excluding carboxylic acids is 1. The number of ketones is 1. The van der Waals surface area contributed by atoms with Crippen molar-refractivity contribution >= 4 is 5.78 Å². The summed E-state index contributed by atoms with van der Waals surface area (Å²) in [7, 11) is 0. The van der Waals surface area contributed by atoms with Crippen LogP contribution in [0.25, 0.3) is 0 Å². The standard InChI is InChI=1S/C12H19NO2/c14-12-6-9-2-1-3-10(7-12)13(9)11-4-5-15-8-11/h9-11H,1-8H2. The lowest BCUT2D eigenvalue weighted by Gasteiger charge is -2.48. The Balaban J connectivity index is 1.78. The summed E-state index contributed by atoms with van der Waals surface area (Å²) >= 11 is 0. The number of rotatable bonds is 1. The molecule has 3 nitrogen and oxygen atoms in total. The maximum atomic E-state index is 11.6. The van der Waals surface area contributed by atoms with Crippen LogP contribution in [0.1, 0.15) is 38.5 Å². The summed E-state index contributed by atoms with van der Waals surface area (Å²) in [5, 5.41) is 0. The van der Waals surface area contributed by atoms with E-state index < -0.39 is 0 Å². The predicted molar refractivity (Wildman–Crippen MR) is 56.7 cm³/mol. The SMILES string of the molecule is O=C1CC2CCCC(C1)N2C1CCOC1. The number of piperidine rings is 2. The minimum absolute atomic E-state index is 0.486. The van der Waals surface area contributed by atoms with Gasteiger partial charge in [-0.05, 0) is 19.3 Å². The molecule has 0 radical (unpaired) electrons. The van der Waals surface area contributed by atoms with Gasteiger partial charge < -0.3 is 4.74 Å². The molecule has 0 spiro atoms. The summed E-state index contributed by atoms with van der Waals surface area (Å²) in [5.74, 6) is 0.486. The lowest BCUT2D eigenvalue weighted by atomic mass is 9.82. The summed E-state index contributed by atoms with van der Waals surface area (Å²) in [4.78, 5) is 14.2. The molecule has 0 aliphatic carbocycles. The minimum Gasteiger partial charge on any atom is -0.380 e. The number of hydrogen-bond acceptors (Lipinski definition) is 3. The van der Waals surface area contributed by atoms with Gasteiger partial charge in [-0.15, -0.1) is 0 Å². The number of carbonyl (C=O) groups is 1. The van der Waals surface area contributed by atoms with Crippen LogP contribution < -0.4 is 0 Å². The zero-order valence-corrected chi connectivity index (χ0v) is 9.15. The first-order chi connectivity index (χ1) is 7.34. The first kappa shape index (κ1) is 9.79. The van der Waals surface area contributed by atoms with Crippen molar-refractivity contribution in [3.63, 3.8) is 0 Å². The van der Waals surface area contributed by atoms with E-state index in [4.69, 9.17) is 4.74 Å². The molecule has 3 unspecified atom stereocenters. The highest BCUT2D eigenvalue weighted by atomic mass is 16.5. The van der Waals surface area contributed by atoms with Crippen LogP contribution in [0.2, 0.25) is 0 Å². The zero-order valence-electron chi connectivity index (χ0n) is 9.15. The molecule has 84 valence electrons. The van der Waals surface area contributed by atoms with Crippen molar-refractivity contribution in [1.29, 1.82) is 0 Å². The van der Waals surface area contributed by atoms with Crippen LogP contribution in [-0.4, -0.2) is 42.0 Å². The van der Waals surface area contributed by atoms with E-state index in [2.05, 4.69) is 4.90 Å². The molecule has 0 aromatic carbocycles. The molecule has 3 rings (SSSR count). The molecular formula is C12H19NO2. The van der Waals surface area contributed by atoms with Gasteiger partial charge in [0.15, 0.2) is 0 Å². The number of Topliss-reactive ketones (excluding diaryl/α,β-unsaturated/α-hetero) is 1. The van der Waals surface area contributed by atoms with Crippen molar-refractivity contribution in [2.24, 2.45) is 0 Å². The van der Waals surface area contributed by atoms with E-state index in [1.54, 1.807) is 0 Å². The highest BCUT2D eigenvalue weighted by molar-refractivity contribution is 5.80. The van der Waals surface area contributed by atoms with Gasteiger partial charge in [-0.3, -0.25) is 9.69 Å². The third kappa shape index (κ3) is 1.72. The largest absolute Gasteiger partial charge is 0.380 e. The summed E-state index contributed by atoms with van der Waals surface area (Å²) in [5.41, 5.74) is 0. The van der Waals surface area contributed by atoms with Gasteiger partial charge in [-0.25, -0.2) is 0 Å². The van der Waals surface area contributed by atoms with Crippen LogP contribution in [0.4, 0.5) is 0 Å². The van der Waals surface area contributed by atoms with Crippen molar-refractivity contribution in [3.05, 3.63) is 0 Å². The first-order valence-corrected chi connectivity index (χ1v) is 6.21. The molecule has 0 aromatic heterocycles. The van der Waals surface area contributed by atoms with Gasteiger partial charge >= 0.3 is 0 Å². The smallest absolute Gasteiger partial charge is 0.136 e. The lowest BCUT2D eigenvalue weighted by Crippen LogP contribution is -2.56. The number of ether oxygens (including phenoxy) is 1. The third-order valence-electron chi connectivity index (χ3n) is 4.17. The maximum absolute atomic E-state index is 11.6. The van der Waals surface area contributed by atoms with Crippen molar-refractivity contribution in [1.82, 2.24) is 4.90 Å². The lowest BCUT2D eigenvalue weighted by molar-refractivity contribution is -0.128. The molecule has 0 amide bonds. The van der Waals surface area contributed by atoms with Gasteiger partial charge in [0.2, 0.25) is 0 Å². The van der Waals surface area contributed by atoms with E-state index >= 15 is 0 Å². The fraction of sp³-hybridized carbons (Fsp3) is 0.917. The molecule has 3 heterocycles. The molecular weight excluding hydrogens is 190 g/mol. The van der Waals surface area contributed by atoms with Crippen LogP contribution >= 0.6 is 0 Å². The normalized spacial score (nSPS) is 42.1. The second kappa shape index (κ2) is 3.87.